The third-order valence-electron chi connectivity index (χ3n) is 2.81. The van der Waals surface area contributed by atoms with Crippen LogP contribution in [0, 0.1) is 13.8 Å². The molecule has 1 heterocycles. The first-order chi connectivity index (χ1) is 8.52. The molecule has 0 atom stereocenters. The highest BCUT2D eigenvalue weighted by molar-refractivity contribution is 7.17. The molecule has 0 fully saturated rings. The Morgan fingerprint density at radius 3 is 2.44 bits per heavy atom. The van der Waals surface area contributed by atoms with E-state index >= 15 is 0 Å². The molecule has 0 aliphatic carbocycles. The van der Waals surface area contributed by atoms with Gasteiger partial charge in [0.05, 0.1) is 7.11 Å². The molecule has 4 heteroatoms. The molecule has 94 valence electrons. The molecule has 0 saturated carbocycles. The maximum absolute atomic E-state index is 11.0. The molecule has 0 unspecified atom stereocenters. The number of ether oxygens (including phenoxy) is 1. The van der Waals surface area contributed by atoms with Gasteiger partial charge in [0.1, 0.15) is 10.6 Å². The second-order valence-corrected chi connectivity index (χ2v) is 5.16. The number of methoxy groups -OCH3 is 1. The van der Waals surface area contributed by atoms with Crippen LogP contribution in [-0.2, 0) is 0 Å². The molecule has 3 nitrogen and oxygen atoms in total. The second kappa shape index (κ2) is 4.82. The van der Waals surface area contributed by atoms with Crippen LogP contribution in [0.3, 0.4) is 0 Å². The van der Waals surface area contributed by atoms with E-state index in [2.05, 4.69) is 0 Å². The van der Waals surface area contributed by atoms with Crippen molar-refractivity contribution in [2.24, 2.45) is 0 Å². The largest absolute Gasteiger partial charge is 0.497 e. The summed E-state index contributed by atoms with van der Waals surface area (Å²) in [4.78, 5) is 12.4. The molecule has 18 heavy (non-hydrogen) atoms. The van der Waals surface area contributed by atoms with E-state index in [-0.39, 0.29) is 0 Å². The third kappa shape index (κ3) is 2.24. The minimum Gasteiger partial charge on any atom is -0.497 e. The van der Waals surface area contributed by atoms with Crippen LogP contribution < -0.4 is 4.74 Å². The number of benzene rings is 1. The summed E-state index contributed by atoms with van der Waals surface area (Å²) in [6.45, 7) is 3.93. The van der Waals surface area contributed by atoms with Gasteiger partial charge in [-0.05, 0) is 54.8 Å². The van der Waals surface area contributed by atoms with Gasteiger partial charge in [0.2, 0.25) is 0 Å². The Balaban J connectivity index is 2.51. The molecule has 2 rings (SSSR count). The topological polar surface area (TPSA) is 46.5 Å². The van der Waals surface area contributed by atoms with Crippen LogP contribution in [0.15, 0.2) is 24.3 Å². The summed E-state index contributed by atoms with van der Waals surface area (Å²) in [5.74, 6) is -0.0653. The Labute approximate surface area is 110 Å². The fourth-order valence-corrected chi connectivity index (χ4v) is 2.97. The standard InChI is InChI=1S/C14H14O3S/c1-8-6-10(17-3)4-5-11(8)13-9(2)7-12(18-13)14(15)16/h4-7H,1-3H3,(H,15,16). The number of hydrogen-bond acceptors (Lipinski definition) is 3. The maximum atomic E-state index is 11.0. The van der Waals surface area contributed by atoms with Crippen LogP contribution in [0.1, 0.15) is 20.8 Å². The molecule has 1 aromatic heterocycles. The zero-order valence-corrected chi connectivity index (χ0v) is 11.3. The molecular formula is C14H14O3S. The van der Waals surface area contributed by atoms with Gasteiger partial charge in [-0.1, -0.05) is 0 Å². The van der Waals surface area contributed by atoms with Gasteiger partial charge in [0, 0.05) is 4.88 Å². The van der Waals surface area contributed by atoms with E-state index in [1.807, 2.05) is 32.0 Å². The quantitative estimate of drug-likeness (QED) is 0.916. The summed E-state index contributed by atoms with van der Waals surface area (Å²) >= 11 is 1.31. The first kappa shape index (κ1) is 12.6. The third-order valence-corrected chi connectivity index (χ3v) is 4.07. The average molecular weight is 262 g/mol. The van der Waals surface area contributed by atoms with E-state index in [0.717, 1.165) is 27.3 Å². The predicted molar refractivity (Wildman–Crippen MR) is 72.7 cm³/mol. The van der Waals surface area contributed by atoms with Crippen LogP contribution in [0.4, 0.5) is 0 Å². The number of thiophene rings is 1. The fraction of sp³-hybridized carbons (Fsp3) is 0.214. The zero-order chi connectivity index (χ0) is 13.3. The minimum atomic E-state index is -0.875. The summed E-state index contributed by atoms with van der Waals surface area (Å²) in [7, 11) is 1.63. The Kier molecular flexibility index (Phi) is 3.39. The van der Waals surface area contributed by atoms with Crippen LogP contribution in [0.5, 0.6) is 5.75 Å². The minimum absolute atomic E-state index is 0.373. The van der Waals surface area contributed by atoms with Gasteiger partial charge in [-0.2, -0.15) is 0 Å². The number of hydrogen-bond donors (Lipinski definition) is 1. The van der Waals surface area contributed by atoms with Crippen molar-refractivity contribution in [2.45, 2.75) is 13.8 Å². The maximum Gasteiger partial charge on any atom is 0.345 e. The van der Waals surface area contributed by atoms with Crippen LogP contribution in [0.25, 0.3) is 10.4 Å². The highest BCUT2D eigenvalue weighted by Crippen LogP contribution is 2.35. The Morgan fingerprint density at radius 2 is 1.94 bits per heavy atom. The molecule has 0 saturated heterocycles. The molecule has 1 N–H and O–H groups in total. The molecular weight excluding hydrogens is 248 g/mol. The van der Waals surface area contributed by atoms with Gasteiger partial charge in [-0.3, -0.25) is 0 Å². The van der Waals surface area contributed by atoms with Crippen LogP contribution >= 0.6 is 11.3 Å². The van der Waals surface area contributed by atoms with Gasteiger partial charge < -0.3 is 9.84 Å². The first-order valence-electron chi connectivity index (χ1n) is 5.51. The van der Waals surface area contributed by atoms with Crippen molar-refractivity contribution >= 4 is 17.3 Å². The van der Waals surface area contributed by atoms with E-state index in [9.17, 15) is 4.79 Å². The summed E-state index contributed by atoms with van der Waals surface area (Å²) in [6, 6.07) is 7.53. The molecule has 0 bridgehead atoms. The number of carbonyl (C=O) groups is 1. The van der Waals surface area contributed by atoms with Crippen molar-refractivity contribution in [3.8, 4) is 16.2 Å². The van der Waals surface area contributed by atoms with Gasteiger partial charge >= 0.3 is 5.97 Å². The molecule has 1 aromatic carbocycles. The SMILES string of the molecule is COc1ccc(-c2sc(C(=O)O)cc2C)c(C)c1. The Hall–Kier alpha value is -1.81. The number of carboxylic acid groups (broad SMARTS) is 1. The molecule has 0 aliphatic heterocycles. The number of aromatic carboxylic acids is 1. The second-order valence-electron chi connectivity index (χ2n) is 4.11. The van der Waals surface area contributed by atoms with Crippen molar-refractivity contribution in [3.05, 3.63) is 40.3 Å². The van der Waals surface area contributed by atoms with Crippen LogP contribution in [-0.4, -0.2) is 18.2 Å². The summed E-state index contributed by atoms with van der Waals surface area (Å²) < 4.78 is 5.17. The Morgan fingerprint density at radius 1 is 1.22 bits per heavy atom. The van der Waals surface area contributed by atoms with Crippen molar-refractivity contribution < 1.29 is 14.6 Å². The van der Waals surface area contributed by atoms with Gasteiger partial charge in [0.15, 0.2) is 0 Å². The van der Waals surface area contributed by atoms with E-state index in [0.29, 0.717) is 4.88 Å². The lowest BCUT2D eigenvalue weighted by Crippen LogP contribution is -1.89. The van der Waals surface area contributed by atoms with Gasteiger partial charge in [0.25, 0.3) is 0 Å². The molecule has 0 aliphatic rings. The Bertz CT molecular complexity index is 599. The summed E-state index contributed by atoms with van der Waals surface area (Å²) in [5.41, 5.74) is 3.13. The van der Waals surface area contributed by atoms with Crippen molar-refractivity contribution in [3.63, 3.8) is 0 Å². The number of aryl methyl sites for hydroxylation is 2. The zero-order valence-electron chi connectivity index (χ0n) is 10.5. The van der Waals surface area contributed by atoms with Crippen molar-refractivity contribution in [1.29, 1.82) is 0 Å². The van der Waals surface area contributed by atoms with Crippen molar-refractivity contribution in [1.82, 2.24) is 0 Å². The van der Waals surface area contributed by atoms with Gasteiger partial charge in [-0.25, -0.2) is 4.79 Å². The molecule has 0 amide bonds. The normalized spacial score (nSPS) is 10.4. The lowest BCUT2D eigenvalue weighted by molar-refractivity contribution is 0.0702. The lowest BCUT2D eigenvalue weighted by atomic mass is 10.0. The molecule has 0 radical (unpaired) electrons. The molecule has 0 spiro atoms. The smallest absolute Gasteiger partial charge is 0.345 e. The summed E-state index contributed by atoms with van der Waals surface area (Å²) in [6.07, 6.45) is 0. The number of carboxylic acids is 1. The lowest BCUT2D eigenvalue weighted by Gasteiger charge is -2.07. The van der Waals surface area contributed by atoms with Gasteiger partial charge in [-0.15, -0.1) is 11.3 Å². The highest BCUT2D eigenvalue weighted by atomic mass is 32.1. The van der Waals surface area contributed by atoms with E-state index in [1.54, 1.807) is 13.2 Å². The van der Waals surface area contributed by atoms with E-state index in [1.165, 1.54) is 11.3 Å². The van der Waals surface area contributed by atoms with Crippen LogP contribution in [0.2, 0.25) is 0 Å². The first-order valence-corrected chi connectivity index (χ1v) is 6.33. The average Bonchev–Trinajstić information content (AvgIpc) is 2.71. The van der Waals surface area contributed by atoms with E-state index < -0.39 is 5.97 Å². The number of rotatable bonds is 3. The van der Waals surface area contributed by atoms with E-state index in [4.69, 9.17) is 9.84 Å². The fourth-order valence-electron chi connectivity index (χ4n) is 1.87. The molecule has 2 aromatic rings. The predicted octanol–water partition coefficient (Wildman–Crippen LogP) is 3.74. The monoisotopic (exact) mass is 262 g/mol. The van der Waals surface area contributed by atoms with Crippen molar-refractivity contribution in [2.75, 3.05) is 7.11 Å². The summed E-state index contributed by atoms with van der Waals surface area (Å²) in [5, 5.41) is 9.01. The highest BCUT2D eigenvalue weighted by Gasteiger charge is 2.14.